The minimum absolute atomic E-state index is 0.269. The second-order valence-electron chi connectivity index (χ2n) is 3.65. The number of hydrogen-bond donors (Lipinski definition) is 1. The van der Waals surface area contributed by atoms with Crippen molar-refractivity contribution in [2.75, 3.05) is 5.73 Å². The predicted molar refractivity (Wildman–Crippen MR) is 79.3 cm³/mol. The average Bonchev–Trinajstić information content (AvgIpc) is 2.31. The number of hydrogen-bond acceptors (Lipinski definition) is 2. The van der Waals surface area contributed by atoms with Crippen molar-refractivity contribution in [2.24, 2.45) is 0 Å². The largest absolute Gasteiger partial charge is 0.485 e. The number of rotatable bonds is 3. The second kappa shape index (κ2) is 5.83. The molecule has 18 heavy (non-hydrogen) atoms. The molecule has 94 valence electrons. The summed E-state index contributed by atoms with van der Waals surface area (Å²) in [6.45, 7) is 0.269. The molecule has 5 heteroatoms. The number of nitrogens with two attached hydrogens (primary N) is 1. The van der Waals surface area contributed by atoms with Crippen LogP contribution in [0.3, 0.4) is 0 Å². The van der Waals surface area contributed by atoms with E-state index < -0.39 is 0 Å². The SMILES string of the molecule is Nc1cccc(Br)c1OCc1c(Cl)cccc1Cl. The summed E-state index contributed by atoms with van der Waals surface area (Å²) < 4.78 is 6.47. The van der Waals surface area contributed by atoms with Crippen LogP contribution in [0.2, 0.25) is 10.0 Å². The van der Waals surface area contributed by atoms with Crippen molar-refractivity contribution in [1.29, 1.82) is 0 Å². The molecule has 2 aromatic rings. The Morgan fingerprint density at radius 3 is 2.28 bits per heavy atom. The highest BCUT2D eigenvalue weighted by molar-refractivity contribution is 9.10. The van der Waals surface area contributed by atoms with Gasteiger partial charge in [0.05, 0.1) is 10.2 Å². The van der Waals surface area contributed by atoms with Gasteiger partial charge in [-0.1, -0.05) is 35.3 Å². The van der Waals surface area contributed by atoms with Crippen LogP contribution < -0.4 is 10.5 Å². The fraction of sp³-hybridized carbons (Fsp3) is 0.0769. The molecule has 2 N–H and O–H groups in total. The quantitative estimate of drug-likeness (QED) is 0.801. The summed E-state index contributed by atoms with van der Waals surface area (Å²) in [5.41, 5.74) is 7.15. The van der Waals surface area contributed by atoms with Gasteiger partial charge < -0.3 is 10.5 Å². The summed E-state index contributed by atoms with van der Waals surface area (Å²) in [6.07, 6.45) is 0. The first-order valence-corrected chi connectivity index (χ1v) is 6.74. The fourth-order valence-corrected chi connectivity index (χ4v) is 2.49. The number of halogens is 3. The molecule has 2 nitrogen and oxygen atoms in total. The number of nitrogen functional groups attached to an aromatic ring is 1. The number of para-hydroxylation sites is 1. The Hall–Kier alpha value is -0.900. The topological polar surface area (TPSA) is 35.2 Å². The highest BCUT2D eigenvalue weighted by Gasteiger charge is 2.09. The van der Waals surface area contributed by atoms with Gasteiger partial charge in [-0.3, -0.25) is 0 Å². The van der Waals surface area contributed by atoms with Gasteiger partial charge in [-0.15, -0.1) is 0 Å². The van der Waals surface area contributed by atoms with Crippen molar-refractivity contribution in [2.45, 2.75) is 6.61 Å². The van der Waals surface area contributed by atoms with E-state index in [1.165, 1.54) is 0 Å². The molecule has 0 aliphatic rings. The first kappa shape index (κ1) is 13.5. The lowest BCUT2D eigenvalue weighted by molar-refractivity contribution is 0.306. The van der Waals surface area contributed by atoms with Crippen LogP contribution in [-0.2, 0) is 6.61 Å². The van der Waals surface area contributed by atoms with E-state index in [2.05, 4.69) is 15.9 Å². The highest BCUT2D eigenvalue weighted by atomic mass is 79.9. The maximum Gasteiger partial charge on any atom is 0.156 e. The molecule has 2 rings (SSSR count). The maximum absolute atomic E-state index is 6.07. The summed E-state index contributed by atoms with van der Waals surface area (Å²) in [5.74, 6) is 0.591. The van der Waals surface area contributed by atoms with E-state index in [0.29, 0.717) is 21.5 Å². The minimum Gasteiger partial charge on any atom is -0.485 e. The van der Waals surface area contributed by atoms with Gasteiger partial charge in [0.25, 0.3) is 0 Å². The molecule has 2 aromatic carbocycles. The van der Waals surface area contributed by atoms with Crippen molar-refractivity contribution in [1.82, 2.24) is 0 Å². The van der Waals surface area contributed by atoms with E-state index in [1.807, 2.05) is 12.1 Å². The Morgan fingerprint density at radius 2 is 1.67 bits per heavy atom. The normalized spacial score (nSPS) is 10.4. The third-order valence-corrected chi connectivity index (χ3v) is 3.75. The summed E-state index contributed by atoms with van der Waals surface area (Å²) >= 11 is 15.5. The van der Waals surface area contributed by atoms with Gasteiger partial charge in [0.15, 0.2) is 5.75 Å². The predicted octanol–water partition coefficient (Wildman–Crippen LogP) is 4.92. The molecule has 0 aliphatic carbocycles. The first-order valence-electron chi connectivity index (χ1n) is 5.19. The monoisotopic (exact) mass is 345 g/mol. The molecule has 0 saturated carbocycles. The summed E-state index contributed by atoms with van der Waals surface area (Å²) in [5, 5.41) is 1.15. The van der Waals surface area contributed by atoms with E-state index in [9.17, 15) is 0 Å². The van der Waals surface area contributed by atoms with Gasteiger partial charge in [-0.25, -0.2) is 0 Å². The third-order valence-electron chi connectivity index (χ3n) is 2.42. The Morgan fingerprint density at radius 1 is 1.06 bits per heavy atom. The van der Waals surface area contributed by atoms with Crippen LogP contribution in [0.4, 0.5) is 5.69 Å². The van der Waals surface area contributed by atoms with Gasteiger partial charge in [0.2, 0.25) is 0 Å². The van der Waals surface area contributed by atoms with Gasteiger partial charge in [0, 0.05) is 15.6 Å². The highest BCUT2D eigenvalue weighted by Crippen LogP contribution is 2.33. The van der Waals surface area contributed by atoms with E-state index in [-0.39, 0.29) is 6.61 Å². The standard InChI is InChI=1S/C13H10BrCl2NO/c14-9-3-1-6-12(17)13(9)18-7-8-10(15)4-2-5-11(8)16/h1-6H,7,17H2. The van der Waals surface area contributed by atoms with Crippen molar-refractivity contribution < 1.29 is 4.74 Å². The van der Waals surface area contributed by atoms with Crippen molar-refractivity contribution in [3.8, 4) is 5.75 Å². The molecular weight excluding hydrogens is 337 g/mol. The molecule has 0 bridgehead atoms. The molecule has 0 saturated heterocycles. The molecule has 0 aromatic heterocycles. The van der Waals surface area contributed by atoms with Crippen LogP contribution in [0.5, 0.6) is 5.75 Å². The molecular formula is C13H10BrCl2NO. The van der Waals surface area contributed by atoms with Crippen molar-refractivity contribution in [3.63, 3.8) is 0 Å². The fourth-order valence-electron chi connectivity index (χ4n) is 1.49. The summed E-state index contributed by atoms with van der Waals surface area (Å²) in [4.78, 5) is 0. The lowest BCUT2D eigenvalue weighted by atomic mass is 10.2. The molecule has 0 aliphatic heterocycles. The molecule has 0 heterocycles. The molecule has 0 spiro atoms. The lowest BCUT2D eigenvalue weighted by Gasteiger charge is -2.12. The van der Waals surface area contributed by atoms with Gasteiger partial charge in [-0.2, -0.15) is 0 Å². The second-order valence-corrected chi connectivity index (χ2v) is 5.32. The zero-order valence-corrected chi connectivity index (χ0v) is 12.4. The summed E-state index contributed by atoms with van der Waals surface area (Å²) in [7, 11) is 0. The van der Waals surface area contributed by atoms with E-state index >= 15 is 0 Å². The van der Waals surface area contributed by atoms with Crippen molar-refractivity contribution >= 4 is 44.8 Å². The smallest absolute Gasteiger partial charge is 0.156 e. The summed E-state index contributed by atoms with van der Waals surface area (Å²) in [6, 6.07) is 10.8. The van der Waals surface area contributed by atoms with Gasteiger partial charge >= 0.3 is 0 Å². The minimum atomic E-state index is 0.269. The van der Waals surface area contributed by atoms with E-state index in [1.54, 1.807) is 24.3 Å². The van der Waals surface area contributed by atoms with Crippen LogP contribution in [-0.4, -0.2) is 0 Å². The third kappa shape index (κ3) is 2.91. The van der Waals surface area contributed by atoms with E-state index in [0.717, 1.165) is 10.0 Å². The zero-order valence-electron chi connectivity index (χ0n) is 9.29. The van der Waals surface area contributed by atoms with Crippen LogP contribution >= 0.6 is 39.1 Å². The van der Waals surface area contributed by atoms with Crippen LogP contribution in [0.25, 0.3) is 0 Å². The Balaban J connectivity index is 2.22. The Kier molecular flexibility index (Phi) is 4.38. The Bertz CT molecular complexity index is 483. The van der Waals surface area contributed by atoms with Crippen LogP contribution in [0.15, 0.2) is 40.9 Å². The maximum atomic E-state index is 6.07. The zero-order chi connectivity index (χ0) is 13.1. The molecule has 0 amide bonds. The lowest BCUT2D eigenvalue weighted by Crippen LogP contribution is -2.00. The van der Waals surface area contributed by atoms with Crippen molar-refractivity contribution in [3.05, 3.63) is 56.5 Å². The molecule has 0 radical (unpaired) electrons. The van der Waals surface area contributed by atoms with Gasteiger partial charge in [-0.05, 0) is 40.2 Å². The van der Waals surface area contributed by atoms with Crippen LogP contribution in [0, 0.1) is 0 Å². The molecule has 0 fully saturated rings. The Labute approximate surface area is 124 Å². The van der Waals surface area contributed by atoms with Crippen LogP contribution in [0.1, 0.15) is 5.56 Å². The van der Waals surface area contributed by atoms with Gasteiger partial charge in [0.1, 0.15) is 6.61 Å². The molecule has 0 atom stereocenters. The first-order chi connectivity index (χ1) is 8.59. The average molecular weight is 347 g/mol. The number of benzene rings is 2. The number of anilines is 1. The molecule has 0 unspecified atom stereocenters. The van der Waals surface area contributed by atoms with E-state index in [4.69, 9.17) is 33.7 Å². The number of ether oxygens (including phenoxy) is 1.